The molecule has 1 heterocycles. The molecule has 0 saturated carbocycles. The zero-order valence-corrected chi connectivity index (χ0v) is 16.5. The molecule has 2 aromatic rings. The first kappa shape index (κ1) is 20.5. The number of aliphatic carboxylic acids is 1. The fourth-order valence-corrected chi connectivity index (χ4v) is 3.61. The molecule has 1 aliphatic heterocycles. The lowest BCUT2D eigenvalue weighted by atomic mass is 9.88. The molecule has 0 radical (unpaired) electrons. The molecule has 1 saturated heterocycles. The summed E-state index contributed by atoms with van der Waals surface area (Å²) in [5.74, 6) is -1.49. The van der Waals surface area contributed by atoms with E-state index < -0.39 is 11.4 Å². The maximum absolute atomic E-state index is 12.9. The number of carbonyl (C=O) groups is 3. The first-order valence-corrected chi connectivity index (χ1v) is 9.33. The van der Waals surface area contributed by atoms with Crippen molar-refractivity contribution in [1.82, 2.24) is 4.90 Å². The Morgan fingerprint density at radius 3 is 2.45 bits per heavy atom. The Morgan fingerprint density at radius 1 is 1.10 bits per heavy atom. The predicted molar refractivity (Wildman–Crippen MR) is 108 cm³/mol. The third kappa shape index (κ3) is 4.14. The van der Waals surface area contributed by atoms with Gasteiger partial charge in [-0.1, -0.05) is 24.3 Å². The van der Waals surface area contributed by atoms with E-state index in [1.807, 2.05) is 30.3 Å². The normalized spacial score (nSPS) is 18.5. The maximum atomic E-state index is 12.9. The molecule has 7 heteroatoms. The first-order chi connectivity index (χ1) is 13.9. The van der Waals surface area contributed by atoms with Crippen LogP contribution in [0.25, 0.3) is 0 Å². The van der Waals surface area contributed by atoms with Crippen molar-refractivity contribution in [3.05, 3.63) is 65.7 Å². The van der Waals surface area contributed by atoms with E-state index in [0.29, 0.717) is 24.1 Å². The number of hydrogen-bond acceptors (Lipinski definition) is 4. The number of benzene rings is 2. The van der Waals surface area contributed by atoms with E-state index in [2.05, 4.69) is 0 Å². The average Bonchev–Trinajstić information content (AvgIpc) is 3.19. The van der Waals surface area contributed by atoms with Gasteiger partial charge in [0.05, 0.1) is 6.61 Å². The highest BCUT2D eigenvalue weighted by molar-refractivity contribution is 6.07. The zero-order chi connectivity index (χ0) is 21.0. The molecule has 1 atom stereocenters. The van der Waals surface area contributed by atoms with Crippen LogP contribution in [0.5, 0.6) is 0 Å². The molecule has 1 N–H and O–H groups in total. The molecule has 1 unspecified atom stereocenters. The van der Waals surface area contributed by atoms with Gasteiger partial charge in [-0.2, -0.15) is 0 Å². The second-order valence-electron chi connectivity index (χ2n) is 7.28. The topological polar surface area (TPSA) is 87.1 Å². The molecule has 7 nitrogen and oxygen atoms in total. The largest absolute Gasteiger partial charge is 0.481 e. The van der Waals surface area contributed by atoms with Crippen molar-refractivity contribution in [2.75, 3.05) is 38.8 Å². The molecule has 29 heavy (non-hydrogen) atoms. The Bertz CT molecular complexity index is 914. The number of rotatable bonds is 6. The van der Waals surface area contributed by atoms with Crippen LogP contribution in [0.15, 0.2) is 54.6 Å². The van der Waals surface area contributed by atoms with Gasteiger partial charge >= 0.3 is 5.97 Å². The molecule has 0 spiro atoms. The van der Waals surface area contributed by atoms with Crippen LogP contribution in [0, 0.1) is 5.41 Å². The van der Waals surface area contributed by atoms with Crippen LogP contribution in [0.4, 0.5) is 5.69 Å². The second kappa shape index (κ2) is 8.45. The second-order valence-corrected chi connectivity index (χ2v) is 7.28. The molecular weight excluding hydrogens is 372 g/mol. The van der Waals surface area contributed by atoms with E-state index in [0.717, 1.165) is 5.69 Å². The Labute approximate surface area is 169 Å². The molecule has 0 aliphatic carbocycles. The number of para-hydroxylation sites is 1. The highest BCUT2D eigenvalue weighted by Gasteiger charge is 2.46. The number of ether oxygens (including phenoxy) is 1. The van der Waals surface area contributed by atoms with Gasteiger partial charge in [-0.3, -0.25) is 14.4 Å². The molecular formula is C22H24N2O5. The minimum absolute atomic E-state index is 0.0481. The minimum atomic E-state index is -1.09. The van der Waals surface area contributed by atoms with E-state index in [1.54, 1.807) is 31.3 Å². The number of amides is 2. The number of carbonyl (C=O) groups excluding carboxylic acids is 2. The van der Waals surface area contributed by atoms with Gasteiger partial charge in [0.2, 0.25) is 0 Å². The summed E-state index contributed by atoms with van der Waals surface area (Å²) in [6.07, 6.45) is 0.331. The number of carboxylic acids is 1. The van der Waals surface area contributed by atoms with Gasteiger partial charge in [-0.25, -0.2) is 0 Å². The molecule has 0 aromatic heterocycles. The van der Waals surface area contributed by atoms with Gasteiger partial charge in [-0.15, -0.1) is 0 Å². The first-order valence-electron chi connectivity index (χ1n) is 9.33. The van der Waals surface area contributed by atoms with E-state index in [9.17, 15) is 19.5 Å². The number of likely N-dealkylation sites (tertiary alicyclic amines) is 1. The van der Waals surface area contributed by atoms with Gasteiger partial charge in [0.15, 0.2) is 0 Å². The van der Waals surface area contributed by atoms with Crippen LogP contribution in [0.3, 0.4) is 0 Å². The van der Waals surface area contributed by atoms with Gasteiger partial charge in [0.1, 0.15) is 5.41 Å². The lowest BCUT2D eigenvalue weighted by Crippen LogP contribution is -2.40. The predicted octanol–water partition coefficient (Wildman–Crippen LogP) is 2.53. The maximum Gasteiger partial charge on any atom is 0.313 e. The van der Waals surface area contributed by atoms with E-state index >= 15 is 0 Å². The quantitative estimate of drug-likeness (QED) is 0.811. The van der Waals surface area contributed by atoms with Crippen molar-refractivity contribution >= 4 is 23.5 Å². The summed E-state index contributed by atoms with van der Waals surface area (Å²) in [6.45, 7) is 0.459. The molecule has 1 fully saturated rings. The molecule has 152 valence electrons. The third-order valence-electron chi connectivity index (χ3n) is 5.32. The van der Waals surface area contributed by atoms with Crippen molar-refractivity contribution < 1.29 is 24.2 Å². The third-order valence-corrected chi connectivity index (χ3v) is 5.32. The van der Waals surface area contributed by atoms with Gasteiger partial charge in [0, 0.05) is 44.1 Å². The van der Waals surface area contributed by atoms with Crippen molar-refractivity contribution in [1.29, 1.82) is 0 Å². The molecule has 2 amide bonds. The summed E-state index contributed by atoms with van der Waals surface area (Å²) >= 11 is 0. The summed E-state index contributed by atoms with van der Waals surface area (Å²) in [5, 5.41) is 9.58. The van der Waals surface area contributed by atoms with Crippen molar-refractivity contribution in [3.63, 3.8) is 0 Å². The Hall–Kier alpha value is -3.19. The highest BCUT2D eigenvalue weighted by atomic mass is 16.5. The van der Waals surface area contributed by atoms with E-state index in [1.165, 1.54) is 16.9 Å². The van der Waals surface area contributed by atoms with Gasteiger partial charge < -0.3 is 19.6 Å². The van der Waals surface area contributed by atoms with Crippen LogP contribution >= 0.6 is 0 Å². The summed E-state index contributed by atoms with van der Waals surface area (Å²) in [4.78, 5) is 40.5. The van der Waals surface area contributed by atoms with Gasteiger partial charge in [-0.05, 0) is 36.8 Å². The van der Waals surface area contributed by atoms with Crippen molar-refractivity contribution in [3.8, 4) is 0 Å². The van der Waals surface area contributed by atoms with Crippen LogP contribution in [0.2, 0.25) is 0 Å². The van der Waals surface area contributed by atoms with Crippen LogP contribution in [-0.2, 0) is 9.53 Å². The molecule has 1 aliphatic rings. The standard InChI is InChI=1S/C22H24N2O5/c1-23(18-9-4-3-5-10-18)19(25)16-7-6-8-17(13-16)20(26)24-12-11-22(14-24,15-29-2)21(27)28/h3-10,13H,11-12,14-15H2,1-2H3,(H,27,28). The van der Waals surface area contributed by atoms with Crippen molar-refractivity contribution in [2.45, 2.75) is 6.42 Å². The summed E-state index contributed by atoms with van der Waals surface area (Å²) in [6, 6.07) is 15.8. The fraction of sp³-hybridized carbons (Fsp3) is 0.318. The zero-order valence-electron chi connectivity index (χ0n) is 16.5. The summed E-state index contributed by atoms with van der Waals surface area (Å²) in [5.41, 5.74) is 0.407. The Balaban J connectivity index is 1.78. The van der Waals surface area contributed by atoms with E-state index in [-0.39, 0.29) is 25.0 Å². The van der Waals surface area contributed by atoms with Gasteiger partial charge in [0.25, 0.3) is 11.8 Å². The number of nitrogens with zero attached hydrogens (tertiary/aromatic N) is 2. The smallest absolute Gasteiger partial charge is 0.313 e. The molecule has 3 rings (SSSR count). The summed E-state index contributed by atoms with van der Waals surface area (Å²) in [7, 11) is 3.13. The number of anilines is 1. The minimum Gasteiger partial charge on any atom is -0.481 e. The Morgan fingerprint density at radius 2 is 1.79 bits per heavy atom. The number of methoxy groups -OCH3 is 1. The highest BCUT2D eigenvalue weighted by Crippen LogP contribution is 2.32. The number of carboxylic acid groups (broad SMARTS) is 1. The molecule has 0 bridgehead atoms. The lowest BCUT2D eigenvalue weighted by molar-refractivity contribution is -0.151. The van der Waals surface area contributed by atoms with Crippen LogP contribution in [0.1, 0.15) is 27.1 Å². The average molecular weight is 396 g/mol. The van der Waals surface area contributed by atoms with E-state index in [4.69, 9.17) is 4.74 Å². The monoisotopic (exact) mass is 396 g/mol. The summed E-state index contributed by atoms with van der Waals surface area (Å²) < 4.78 is 5.07. The Kier molecular flexibility index (Phi) is 5.98. The number of hydrogen-bond donors (Lipinski definition) is 1. The fourth-order valence-electron chi connectivity index (χ4n) is 3.61. The lowest BCUT2D eigenvalue weighted by Gasteiger charge is -2.24. The van der Waals surface area contributed by atoms with Crippen LogP contribution in [-0.4, -0.2) is 61.6 Å². The van der Waals surface area contributed by atoms with Crippen LogP contribution < -0.4 is 4.90 Å². The SMILES string of the molecule is COCC1(C(=O)O)CCN(C(=O)c2cccc(C(=O)N(C)c3ccccc3)c2)C1. The van der Waals surface area contributed by atoms with Crippen molar-refractivity contribution in [2.24, 2.45) is 5.41 Å². The molecule has 2 aromatic carbocycles.